The number of carboxylic acid groups (broad SMARTS) is 1. The van der Waals surface area contributed by atoms with Crippen molar-refractivity contribution in [1.29, 1.82) is 0 Å². The Morgan fingerprint density at radius 3 is 3.00 bits per heavy atom. The van der Waals surface area contributed by atoms with Gasteiger partial charge in [0.1, 0.15) is 0 Å². The molecule has 2 rings (SSSR count). The summed E-state index contributed by atoms with van der Waals surface area (Å²) in [7, 11) is 0. The van der Waals surface area contributed by atoms with Gasteiger partial charge in [0.15, 0.2) is 0 Å². The van der Waals surface area contributed by atoms with Crippen molar-refractivity contribution in [2.45, 2.75) is 26.3 Å². The molecule has 0 spiro atoms. The van der Waals surface area contributed by atoms with Crippen LogP contribution in [0.1, 0.15) is 23.3 Å². The van der Waals surface area contributed by atoms with Gasteiger partial charge in [0.2, 0.25) is 0 Å². The van der Waals surface area contributed by atoms with Gasteiger partial charge in [-0.2, -0.15) is 0 Å². The van der Waals surface area contributed by atoms with E-state index in [1.54, 1.807) is 16.2 Å². The molecule has 2 heterocycles. The van der Waals surface area contributed by atoms with Gasteiger partial charge in [0.05, 0.1) is 12.5 Å². The topological polar surface area (TPSA) is 69.6 Å². The molecule has 2 amide bonds. The van der Waals surface area contributed by atoms with Gasteiger partial charge in [-0.25, -0.2) is 4.79 Å². The number of carboxylic acids is 1. The largest absolute Gasteiger partial charge is 0.481 e. The molecule has 1 aliphatic heterocycles. The highest BCUT2D eigenvalue weighted by Crippen LogP contribution is 2.18. The lowest BCUT2D eigenvalue weighted by atomic mass is 9.99. The van der Waals surface area contributed by atoms with Crippen molar-refractivity contribution >= 4 is 23.3 Å². The number of nitrogens with one attached hydrogen (secondary N) is 1. The van der Waals surface area contributed by atoms with Crippen LogP contribution in [0, 0.1) is 12.8 Å². The average Bonchev–Trinajstić information content (AvgIpc) is 2.81. The summed E-state index contributed by atoms with van der Waals surface area (Å²) in [5, 5.41) is 13.9. The second-order valence-corrected chi connectivity index (χ2v) is 5.81. The Balaban J connectivity index is 1.86. The Morgan fingerprint density at radius 1 is 1.58 bits per heavy atom. The molecule has 0 aromatic carbocycles. The first-order valence-corrected chi connectivity index (χ1v) is 7.24. The number of aliphatic carboxylic acids is 1. The lowest BCUT2D eigenvalue weighted by Crippen LogP contribution is -2.46. The minimum Gasteiger partial charge on any atom is -0.481 e. The quantitative estimate of drug-likeness (QED) is 0.891. The molecule has 1 fully saturated rings. The molecule has 0 bridgehead atoms. The molecular weight excluding hydrogens is 264 g/mol. The molecule has 1 aliphatic rings. The predicted octanol–water partition coefficient (Wildman–Crippen LogP) is 2.06. The zero-order valence-electron chi connectivity index (χ0n) is 10.9. The summed E-state index contributed by atoms with van der Waals surface area (Å²) in [5.74, 6) is -1.24. The number of amides is 2. The van der Waals surface area contributed by atoms with Crippen molar-refractivity contribution in [2.75, 3.05) is 13.1 Å². The molecule has 2 N–H and O–H groups in total. The number of rotatable bonds is 3. The molecule has 1 saturated heterocycles. The number of aryl methyl sites for hydroxylation is 1. The van der Waals surface area contributed by atoms with Gasteiger partial charge in [0, 0.05) is 18.0 Å². The molecule has 0 aliphatic carbocycles. The smallest absolute Gasteiger partial charge is 0.317 e. The lowest BCUT2D eigenvalue weighted by molar-refractivity contribution is -0.143. The third-order valence-electron chi connectivity index (χ3n) is 3.43. The number of piperidine rings is 1. The van der Waals surface area contributed by atoms with E-state index in [0.717, 1.165) is 11.3 Å². The van der Waals surface area contributed by atoms with Crippen LogP contribution in [-0.2, 0) is 11.3 Å². The van der Waals surface area contributed by atoms with Gasteiger partial charge in [-0.15, -0.1) is 11.3 Å². The highest BCUT2D eigenvalue weighted by molar-refractivity contribution is 7.10. The molecular formula is C13H18N2O3S. The number of urea groups is 1. The van der Waals surface area contributed by atoms with Crippen LogP contribution in [0.4, 0.5) is 4.79 Å². The fraction of sp³-hybridized carbons (Fsp3) is 0.538. The fourth-order valence-corrected chi connectivity index (χ4v) is 3.06. The van der Waals surface area contributed by atoms with Crippen molar-refractivity contribution in [2.24, 2.45) is 5.92 Å². The number of hydrogen-bond acceptors (Lipinski definition) is 3. The molecule has 5 nitrogen and oxygen atoms in total. The second-order valence-electron chi connectivity index (χ2n) is 4.81. The summed E-state index contributed by atoms with van der Waals surface area (Å²) in [5.41, 5.74) is 1.17. The monoisotopic (exact) mass is 282 g/mol. The van der Waals surface area contributed by atoms with E-state index < -0.39 is 11.9 Å². The van der Waals surface area contributed by atoms with Gasteiger partial charge in [0.25, 0.3) is 0 Å². The van der Waals surface area contributed by atoms with E-state index in [2.05, 4.69) is 5.32 Å². The zero-order valence-corrected chi connectivity index (χ0v) is 11.7. The van der Waals surface area contributed by atoms with Crippen LogP contribution < -0.4 is 5.32 Å². The Morgan fingerprint density at radius 2 is 2.37 bits per heavy atom. The van der Waals surface area contributed by atoms with Crippen molar-refractivity contribution in [1.82, 2.24) is 10.2 Å². The van der Waals surface area contributed by atoms with Gasteiger partial charge in [-0.05, 0) is 36.8 Å². The first kappa shape index (κ1) is 13.9. The summed E-state index contributed by atoms with van der Waals surface area (Å²) in [6.45, 7) is 3.47. The number of carbonyl (C=O) groups is 2. The lowest BCUT2D eigenvalue weighted by Gasteiger charge is -2.30. The van der Waals surface area contributed by atoms with Crippen LogP contribution in [0.15, 0.2) is 11.4 Å². The summed E-state index contributed by atoms with van der Waals surface area (Å²) in [6.07, 6.45) is 1.41. The first-order chi connectivity index (χ1) is 9.08. The zero-order chi connectivity index (χ0) is 13.8. The summed E-state index contributed by atoms with van der Waals surface area (Å²) in [6, 6.07) is 1.85. The summed E-state index contributed by atoms with van der Waals surface area (Å²) < 4.78 is 0. The molecule has 19 heavy (non-hydrogen) atoms. The molecule has 104 valence electrons. The van der Waals surface area contributed by atoms with Crippen molar-refractivity contribution in [3.63, 3.8) is 0 Å². The average molecular weight is 282 g/mol. The second kappa shape index (κ2) is 6.06. The Hall–Kier alpha value is -1.56. The molecule has 1 atom stereocenters. The van der Waals surface area contributed by atoms with Gasteiger partial charge in [-0.3, -0.25) is 4.79 Å². The van der Waals surface area contributed by atoms with E-state index >= 15 is 0 Å². The summed E-state index contributed by atoms with van der Waals surface area (Å²) in [4.78, 5) is 25.7. The van der Waals surface area contributed by atoms with Gasteiger partial charge in [-0.1, -0.05) is 0 Å². The van der Waals surface area contributed by atoms with Gasteiger partial charge < -0.3 is 15.3 Å². The predicted molar refractivity (Wildman–Crippen MR) is 73.2 cm³/mol. The van der Waals surface area contributed by atoms with Crippen LogP contribution in [0.25, 0.3) is 0 Å². The fourth-order valence-electron chi connectivity index (χ4n) is 2.22. The van der Waals surface area contributed by atoms with Crippen LogP contribution in [0.5, 0.6) is 0 Å². The minimum absolute atomic E-state index is 0.168. The Labute approximate surface area is 116 Å². The third-order valence-corrected chi connectivity index (χ3v) is 4.45. The Bertz CT molecular complexity index is 472. The van der Waals surface area contributed by atoms with E-state index in [1.165, 1.54) is 5.56 Å². The van der Waals surface area contributed by atoms with Crippen molar-refractivity contribution in [3.8, 4) is 0 Å². The van der Waals surface area contributed by atoms with Crippen molar-refractivity contribution < 1.29 is 14.7 Å². The number of likely N-dealkylation sites (tertiary alicyclic amines) is 1. The molecule has 0 saturated carbocycles. The van der Waals surface area contributed by atoms with Crippen molar-refractivity contribution in [3.05, 3.63) is 21.9 Å². The number of nitrogens with zero attached hydrogens (tertiary/aromatic N) is 1. The number of carbonyl (C=O) groups excluding carboxylic acids is 1. The molecule has 1 aromatic heterocycles. The molecule has 1 aromatic rings. The van der Waals surface area contributed by atoms with Crippen LogP contribution in [0.3, 0.4) is 0 Å². The van der Waals surface area contributed by atoms with E-state index in [9.17, 15) is 9.59 Å². The van der Waals surface area contributed by atoms with E-state index in [1.807, 2.05) is 18.4 Å². The van der Waals surface area contributed by atoms with Crippen LogP contribution >= 0.6 is 11.3 Å². The highest BCUT2D eigenvalue weighted by atomic mass is 32.1. The third kappa shape index (κ3) is 3.47. The van der Waals surface area contributed by atoms with Crippen LogP contribution in [0.2, 0.25) is 0 Å². The van der Waals surface area contributed by atoms with Gasteiger partial charge >= 0.3 is 12.0 Å². The highest BCUT2D eigenvalue weighted by Gasteiger charge is 2.27. The van der Waals surface area contributed by atoms with E-state index in [-0.39, 0.29) is 6.03 Å². The standard InChI is InChI=1S/C13H18N2O3S/c1-9-4-6-19-11(9)7-14-13(18)15-5-2-3-10(8-15)12(16)17/h4,6,10H,2-3,5,7-8H2,1H3,(H,14,18)(H,16,17)/t10-/m0/s1. The molecule has 0 unspecified atom stereocenters. The van der Waals surface area contributed by atoms with E-state index in [0.29, 0.717) is 26.1 Å². The SMILES string of the molecule is Cc1ccsc1CNC(=O)N1CCC[C@H](C(=O)O)C1. The molecule has 6 heteroatoms. The first-order valence-electron chi connectivity index (χ1n) is 6.36. The normalized spacial score (nSPS) is 19.2. The molecule has 0 radical (unpaired) electrons. The summed E-state index contributed by atoms with van der Waals surface area (Å²) >= 11 is 1.62. The minimum atomic E-state index is -0.813. The van der Waals surface area contributed by atoms with E-state index in [4.69, 9.17) is 5.11 Å². The maximum Gasteiger partial charge on any atom is 0.317 e. The van der Waals surface area contributed by atoms with Crippen LogP contribution in [-0.4, -0.2) is 35.1 Å². The Kier molecular flexibility index (Phi) is 4.42. The maximum atomic E-state index is 12.0. The number of hydrogen-bond donors (Lipinski definition) is 2. The number of thiophene rings is 1. The maximum absolute atomic E-state index is 12.0.